The van der Waals surface area contributed by atoms with Gasteiger partial charge in [-0.05, 0) is 6.07 Å². The second-order valence-corrected chi connectivity index (χ2v) is 4.02. The summed E-state index contributed by atoms with van der Waals surface area (Å²) in [5.74, 6) is -0.785. The summed E-state index contributed by atoms with van der Waals surface area (Å²) in [5, 5.41) is 20.1. The number of esters is 1. The van der Waals surface area contributed by atoms with Crippen LogP contribution in [0.3, 0.4) is 0 Å². The van der Waals surface area contributed by atoms with Crippen molar-refractivity contribution in [1.29, 1.82) is 5.26 Å². The van der Waals surface area contributed by atoms with Gasteiger partial charge in [0.25, 0.3) is 5.69 Å². The number of nitrogens with two attached hydrogens (primary N) is 1. The molecule has 1 aromatic heterocycles. The molecule has 0 fully saturated rings. The molecule has 8 heteroatoms. The van der Waals surface area contributed by atoms with E-state index in [1.165, 1.54) is 29.0 Å². The molecule has 2 N–H and O–H groups in total. The number of nitriles is 1. The first-order valence-electron chi connectivity index (χ1n) is 5.74. The first-order chi connectivity index (χ1) is 10.0. The summed E-state index contributed by atoms with van der Waals surface area (Å²) < 4.78 is 5.81. The van der Waals surface area contributed by atoms with E-state index >= 15 is 0 Å². The van der Waals surface area contributed by atoms with Crippen molar-refractivity contribution in [3.8, 4) is 11.8 Å². The van der Waals surface area contributed by atoms with E-state index in [4.69, 9.17) is 11.0 Å². The molecule has 0 aliphatic carbocycles. The van der Waals surface area contributed by atoms with Gasteiger partial charge in [-0.15, -0.1) is 0 Å². The summed E-state index contributed by atoms with van der Waals surface area (Å²) in [4.78, 5) is 22.3. The van der Waals surface area contributed by atoms with E-state index in [2.05, 4.69) is 4.74 Å². The van der Waals surface area contributed by atoms with Crippen molar-refractivity contribution in [3.63, 3.8) is 0 Å². The second-order valence-electron chi connectivity index (χ2n) is 4.02. The molecule has 0 radical (unpaired) electrons. The summed E-state index contributed by atoms with van der Waals surface area (Å²) in [6.07, 6.45) is 1.27. The molecule has 1 heterocycles. The second kappa shape index (κ2) is 5.34. The minimum atomic E-state index is -0.785. The molecule has 0 amide bonds. The van der Waals surface area contributed by atoms with Crippen LogP contribution in [0.4, 0.5) is 11.4 Å². The predicted molar refractivity (Wildman–Crippen MR) is 72.9 cm³/mol. The Morgan fingerprint density at radius 1 is 1.48 bits per heavy atom. The number of aromatic nitrogens is 1. The number of nitrogen functional groups attached to an aromatic ring is 1. The van der Waals surface area contributed by atoms with Crippen LogP contribution in [-0.2, 0) is 4.74 Å². The lowest BCUT2D eigenvalue weighted by Crippen LogP contribution is -2.12. The van der Waals surface area contributed by atoms with Gasteiger partial charge in [0.1, 0.15) is 11.8 Å². The summed E-state index contributed by atoms with van der Waals surface area (Å²) >= 11 is 0. The Morgan fingerprint density at radius 3 is 2.71 bits per heavy atom. The minimum absolute atomic E-state index is 0.0357. The van der Waals surface area contributed by atoms with Gasteiger partial charge in [0.15, 0.2) is 5.69 Å². The van der Waals surface area contributed by atoms with Crippen LogP contribution >= 0.6 is 0 Å². The standard InChI is InChI=1S/C13H10N4O4/c1-21-13(18)12-11(15)8(6-14)7-16(12)9-4-2-3-5-10(9)17(19)20/h2-5,7H,15H2,1H3. The Labute approximate surface area is 119 Å². The fourth-order valence-electron chi connectivity index (χ4n) is 1.93. The quantitative estimate of drug-likeness (QED) is 0.519. The number of rotatable bonds is 3. The van der Waals surface area contributed by atoms with Gasteiger partial charge < -0.3 is 15.0 Å². The highest BCUT2D eigenvalue weighted by molar-refractivity contribution is 5.96. The first kappa shape index (κ1) is 14.1. The third kappa shape index (κ3) is 2.28. The molecule has 0 unspecified atom stereocenters. The van der Waals surface area contributed by atoms with Gasteiger partial charge in [-0.3, -0.25) is 10.1 Å². The van der Waals surface area contributed by atoms with Crippen molar-refractivity contribution < 1.29 is 14.5 Å². The zero-order valence-corrected chi connectivity index (χ0v) is 10.9. The maximum Gasteiger partial charge on any atom is 0.357 e. The molecule has 0 saturated heterocycles. The molecule has 0 aliphatic rings. The van der Waals surface area contributed by atoms with Crippen molar-refractivity contribution in [3.05, 3.63) is 51.8 Å². The van der Waals surface area contributed by atoms with E-state index in [0.717, 1.165) is 7.11 Å². The topological polar surface area (TPSA) is 124 Å². The number of hydrogen-bond acceptors (Lipinski definition) is 6. The van der Waals surface area contributed by atoms with Gasteiger partial charge in [0.05, 0.1) is 23.3 Å². The summed E-state index contributed by atoms with van der Waals surface area (Å²) in [6, 6.07) is 7.64. The summed E-state index contributed by atoms with van der Waals surface area (Å²) in [5.41, 5.74) is 5.47. The number of anilines is 1. The van der Waals surface area contributed by atoms with E-state index in [1.54, 1.807) is 6.07 Å². The minimum Gasteiger partial charge on any atom is -0.464 e. The smallest absolute Gasteiger partial charge is 0.357 e. The highest BCUT2D eigenvalue weighted by Gasteiger charge is 2.25. The van der Waals surface area contributed by atoms with Gasteiger partial charge in [-0.2, -0.15) is 5.26 Å². The zero-order valence-electron chi connectivity index (χ0n) is 10.9. The van der Waals surface area contributed by atoms with E-state index in [9.17, 15) is 14.9 Å². The van der Waals surface area contributed by atoms with Gasteiger partial charge in [-0.25, -0.2) is 4.79 Å². The normalized spacial score (nSPS) is 9.90. The lowest BCUT2D eigenvalue weighted by atomic mass is 10.2. The number of nitro groups is 1. The number of methoxy groups -OCH3 is 1. The molecule has 0 saturated carbocycles. The number of carbonyl (C=O) groups excluding carboxylic acids is 1. The molecule has 2 aromatic rings. The van der Waals surface area contributed by atoms with Gasteiger partial charge in [0, 0.05) is 12.3 Å². The van der Waals surface area contributed by atoms with Crippen molar-refractivity contribution in [2.24, 2.45) is 0 Å². The number of carbonyl (C=O) groups is 1. The third-order valence-corrected chi connectivity index (χ3v) is 2.88. The van der Waals surface area contributed by atoms with Crippen LogP contribution in [0.15, 0.2) is 30.5 Å². The molecule has 2 rings (SSSR count). The van der Waals surface area contributed by atoms with E-state index in [1.807, 2.05) is 6.07 Å². The largest absolute Gasteiger partial charge is 0.464 e. The Kier molecular flexibility index (Phi) is 3.58. The number of benzene rings is 1. The van der Waals surface area contributed by atoms with Crippen LogP contribution in [0.5, 0.6) is 0 Å². The fourth-order valence-corrected chi connectivity index (χ4v) is 1.93. The van der Waals surface area contributed by atoms with Crippen molar-refractivity contribution in [1.82, 2.24) is 4.57 Å². The van der Waals surface area contributed by atoms with E-state index < -0.39 is 10.9 Å². The highest BCUT2D eigenvalue weighted by atomic mass is 16.6. The number of nitrogens with zero attached hydrogens (tertiary/aromatic N) is 3. The first-order valence-corrected chi connectivity index (χ1v) is 5.74. The highest BCUT2D eigenvalue weighted by Crippen LogP contribution is 2.29. The van der Waals surface area contributed by atoms with Crippen LogP contribution in [0.25, 0.3) is 5.69 Å². The Balaban J connectivity index is 2.79. The lowest BCUT2D eigenvalue weighted by molar-refractivity contribution is -0.384. The molecule has 0 spiro atoms. The molecule has 21 heavy (non-hydrogen) atoms. The van der Waals surface area contributed by atoms with Crippen LogP contribution in [0.1, 0.15) is 16.1 Å². The van der Waals surface area contributed by atoms with Crippen molar-refractivity contribution >= 4 is 17.3 Å². The number of para-hydroxylation sites is 2. The fraction of sp³-hybridized carbons (Fsp3) is 0.0769. The third-order valence-electron chi connectivity index (χ3n) is 2.88. The van der Waals surface area contributed by atoms with Gasteiger partial charge >= 0.3 is 5.97 Å². The molecular weight excluding hydrogens is 276 g/mol. The van der Waals surface area contributed by atoms with Gasteiger partial charge in [-0.1, -0.05) is 12.1 Å². The molecule has 8 nitrogen and oxygen atoms in total. The molecule has 0 bridgehead atoms. The van der Waals surface area contributed by atoms with Crippen LogP contribution in [-0.4, -0.2) is 22.6 Å². The predicted octanol–water partition coefficient (Wildman–Crippen LogP) is 1.63. The molecule has 1 aromatic carbocycles. The maximum atomic E-state index is 11.8. The monoisotopic (exact) mass is 286 g/mol. The van der Waals surface area contributed by atoms with Crippen LogP contribution < -0.4 is 5.73 Å². The molecular formula is C13H10N4O4. The number of nitro benzene ring substituents is 1. The van der Waals surface area contributed by atoms with E-state index in [-0.39, 0.29) is 28.3 Å². The Hall–Kier alpha value is -3.34. The molecule has 106 valence electrons. The van der Waals surface area contributed by atoms with Crippen LogP contribution in [0, 0.1) is 21.4 Å². The zero-order chi connectivity index (χ0) is 15.6. The lowest BCUT2D eigenvalue weighted by Gasteiger charge is -2.08. The van der Waals surface area contributed by atoms with Gasteiger partial charge in [0.2, 0.25) is 0 Å². The SMILES string of the molecule is COC(=O)c1c(N)c(C#N)cn1-c1ccccc1[N+](=O)[O-]. The average Bonchev–Trinajstić information content (AvgIpc) is 2.83. The van der Waals surface area contributed by atoms with Crippen molar-refractivity contribution in [2.45, 2.75) is 0 Å². The maximum absolute atomic E-state index is 11.8. The van der Waals surface area contributed by atoms with Crippen molar-refractivity contribution in [2.75, 3.05) is 12.8 Å². The number of hydrogen-bond donors (Lipinski definition) is 1. The molecule has 0 aliphatic heterocycles. The molecule has 0 atom stereocenters. The Morgan fingerprint density at radius 2 is 2.14 bits per heavy atom. The summed E-state index contributed by atoms with van der Waals surface area (Å²) in [6.45, 7) is 0. The summed E-state index contributed by atoms with van der Waals surface area (Å²) in [7, 11) is 1.16. The van der Waals surface area contributed by atoms with Crippen LogP contribution in [0.2, 0.25) is 0 Å². The Bertz CT molecular complexity index is 773. The average molecular weight is 286 g/mol. The number of ether oxygens (including phenoxy) is 1. The van der Waals surface area contributed by atoms with E-state index in [0.29, 0.717) is 0 Å².